The van der Waals surface area contributed by atoms with E-state index in [0.717, 1.165) is 16.8 Å². The minimum absolute atomic E-state index is 0.276. The van der Waals surface area contributed by atoms with Crippen LogP contribution in [0.25, 0.3) is 6.08 Å². The van der Waals surface area contributed by atoms with Crippen molar-refractivity contribution in [2.45, 2.75) is 13.5 Å². The Morgan fingerprint density at radius 1 is 1.04 bits per heavy atom. The van der Waals surface area contributed by atoms with Gasteiger partial charge in [-0.15, -0.1) is 0 Å². The van der Waals surface area contributed by atoms with E-state index in [-0.39, 0.29) is 12.0 Å². The highest BCUT2D eigenvalue weighted by Gasteiger charge is 2.03. The number of hydrogen-bond donors (Lipinski definition) is 2. The van der Waals surface area contributed by atoms with Crippen LogP contribution in [0.1, 0.15) is 18.1 Å². The molecule has 0 saturated heterocycles. The van der Waals surface area contributed by atoms with Gasteiger partial charge >= 0.3 is 12.0 Å². The van der Waals surface area contributed by atoms with Gasteiger partial charge in [0, 0.05) is 38.1 Å². The molecule has 2 aromatic carbocycles. The maximum Gasteiger partial charge on any atom is 0.330 e. The minimum atomic E-state index is -0.377. The van der Waals surface area contributed by atoms with E-state index in [4.69, 9.17) is 4.74 Å². The lowest BCUT2D eigenvalue weighted by Gasteiger charge is -2.13. The van der Waals surface area contributed by atoms with Crippen LogP contribution in [0.4, 0.5) is 16.2 Å². The number of esters is 1. The maximum absolute atomic E-state index is 12.0. The second-order valence-corrected chi connectivity index (χ2v) is 6.08. The van der Waals surface area contributed by atoms with Gasteiger partial charge < -0.3 is 20.3 Å². The molecule has 0 heterocycles. The number of urea groups is 1. The summed E-state index contributed by atoms with van der Waals surface area (Å²) in [7, 11) is 3.97. The van der Waals surface area contributed by atoms with Crippen molar-refractivity contribution in [1.82, 2.24) is 5.32 Å². The largest absolute Gasteiger partial charge is 0.463 e. The molecule has 0 atom stereocenters. The van der Waals surface area contributed by atoms with Crippen molar-refractivity contribution in [3.05, 3.63) is 65.7 Å². The van der Waals surface area contributed by atoms with E-state index in [0.29, 0.717) is 18.8 Å². The fourth-order valence-corrected chi connectivity index (χ4v) is 2.30. The van der Waals surface area contributed by atoms with Crippen LogP contribution in [0.3, 0.4) is 0 Å². The van der Waals surface area contributed by atoms with Gasteiger partial charge in [0.2, 0.25) is 0 Å². The molecule has 0 unspecified atom stereocenters. The Kier molecular flexibility index (Phi) is 7.43. The highest BCUT2D eigenvalue weighted by molar-refractivity contribution is 5.90. The molecule has 0 aliphatic carbocycles. The molecule has 0 aliphatic rings. The van der Waals surface area contributed by atoms with Crippen LogP contribution in [0.5, 0.6) is 0 Å². The second kappa shape index (κ2) is 10.0. The van der Waals surface area contributed by atoms with Crippen molar-refractivity contribution < 1.29 is 14.3 Å². The number of rotatable bonds is 7. The van der Waals surface area contributed by atoms with Crippen LogP contribution in [0.2, 0.25) is 0 Å². The fourth-order valence-electron chi connectivity index (χ4n) is 2.30. The molecule has 142 valence electrons. The van der Waals surface area contributed by atoms with Gasteiger partial charge in [0.25, 0.3) is 0 Å². The molecule has 0 aromatic heterocycles. The first kappa shape index (κ1) is 20.0. The van der Waals surface area contributed by atoms with E-state index in [9.17, 15) is 9.59 Å². The molecule has 0 spiro atoms. The van der Waals surface area contributed by atoms with Crippen molar-refractivity contribution in [3.63, 3.8) is 0 Å². The summed E-state index contributed by atoms with van der Waals surface area (Å²) in [6, 6.07) is 14.9. The van der Waals surface area contributed by atoms with Gasteiger partial charge in [-0.2, -0.15) is 0 Å². The monoisotopic (exact) mass is 367 g/mol. The van der Waals surface area contributed by atoms with Crippen LogP contribution in [0.15, 0.2) is 54.6 Å². The molecule has 0 aliphatic heterocycles. The summed E-state index contributed by atoms with van der Waals surface area (Å²) >= 11 is 0. The van der Waals surface area contributed by atoms with Crippen molar-refractivity contribution in [3.8, 4) is 0 Å². The number of benzene rings is 2. The third-order valence-corrected chi connectivity index (χ3v) is 3.77. The number of nitrogens with zero attached hydrogens (tertiary/aromatic N) is 1. The first-order valence-electron chi connectivity index (χ1n) is 8.74. The fraction of sp³-hybridized carbons (Fsp3) is 0.238. The first-order chi connectivity index (χ1) is 13.0. The van der Waals surface area contributed by atoms with Gasteiger partial charge in [-0.3, -0.25) is 0 Å². The molecule has 2 amide bonds. The SMILES string of the molecule is CCOC(=O)/C=C\c1ccc(NC(=O)NCc2ccc(N(C)C)cc2)cc1. The molecule has 0 bridgehead atoms. The van der Waals surface area contributed by atoms with E-state index >= 15 is 0 Å². The number of ether oxygens (including phenoxy) is 1. The number of nitrogens with one attached hydrogen (secondary N) is 2. The average molecular weight is 367 g/mol. The minimum Gasteiger partial charge on any atom is -0.463 e. The zero-order chi connectivity index (χ0) is 19.6. The van der Waals surface area contributed by atoms with Crippen LogP contribution >= 0.6 is 0 Å². The van der Waals surface area contributed by atoms with E-state index in [1.807, 2.05) is 55.4 Å². The Labute approximate surface area is 159 Å². The molecular weight excluding hydrogens is 342 g/mol. The summed E-state index contributed by atoms with van der Waals surface area (Å²) in [5.41, 5.74) is 3.65. The Morgan fingerprint density at radius 3 is 2.30 bits per heavy atom. The summed E-state index contributed by atoms with van der Waals surface area (Å²) in [6.45, 7) is 2.55. The van der Waals surface area contributed by atoms with Crippen molar-refractivity contribution in [2.75, 3.05) is 30.9 Å². The molecular formula is C21H25N3O3. The third kappa shape index (κ3) is 6.86. The van der Waals surface area contributed by atoms with Crippen molar-refractivity contribution in [1.29, 1.82) is 0 Å². The number of carbonyl (C=O) groups is 2. The third-order valence-electron chi connectivity index (χ3n) is 3.77. The zero-order valence-electron chi connectivity index (χ0n) is 15.9. The Bertz CT molecular complexity index is 781. The Hall–Kier alpha value is -3.28. The standard InChI is InChI=1S/C21H25N3O3/c1-4-27-20(25)14-9-16-5-10-18(11-6-16)23-21(26)22-15-17-7-12-19(13-8-17)24(2)3/h5-14H,4,15H2,1-3H3,(H2,22,23,26)/b14-9-. The number of amides is 2. The van der Waals surface area contributed by atoms with Crippen LogP contribution in [0, 0.1) is 0 Å². The Morgan fingerprint density at radius 2 is 1.70 bits per heavy atom. The summed E-state index contributed by atoms with van der Waals surface area (Å²) in [5, 5.41) is 5.61. The zero-order valence-corrected chi connectivity index (χ0v) is 15.9. The van der Waals surface area contributed by atoms with Crippen molar-refractivity contribution >= 4 is 29.5 Å². The number of carbonyl (C=O) groups excluding carboxylic acids is 2. The second-order valence-electron chi connectivity index (χ2n) is 6.08. The lowest BCUT2D eigenvalue weighted by atomic mass is 10.2. The van der Waals surface area contributed by atoms with Crippen LogP contribution in [-0.4, -0.2) is 32.7 Å². The van der Waals surface area contributed by atoms with Gasteiger partial charge in [-0.1, -0.05) is 24.3 Å². The van der Waals surface area contributed by atoms with E-state index in [2.05, 4.69) is 10.6 Å². The van der Waals surface area contributed by atoms with Crippen molar-refractivity contribution in [2.24, 2.45) is 0 Å². The van der Waals surface area contributed by atoms with Gasteiger partial charge in [-0.25, -0.2) is 9.59 Å². The lowest BCUT2D eigenvalue weighted by molar-refractivity contribution is -0.137. The summed E-state index contributed by atoms with van der Waals surface area (Å²) in [5.74, 6) is -0.377. The van der Waals surface area contributed by atoms with Gasteiger partial charge in [0.15, 0.2) is 0 Å². The molecule has 0 fully saturated rings. The molecule has 2 aromatic rings. The predicted molar refractivity (Wildman–Crippen MR) is 109 cm³/mol. The van der Waals surface area contributed by atoms with Crippen LogP contribution in [-0.2, 0) is 16.1 Å². The predicted octanol–water partition coefficient (Wildman–Crippen LogP) is 3.65. The summed E-state index contributed by atoms with van der Waals surface area (Å²) < 4.78 is 4.83. The summed E-state index contributed by atoms with van der Waals surface area (Å²) in [4.78, 5) is 25.3. The molecule has 0 saturated carbocycles. The average Bonchev–Trinajstić information content (AvgIpc) is 2.66. The van der Waals surface area contributed by atoms with E-state index < -0.39 is 0 Å². The molecule has 0 radical (unpaired) electrons. The molecule has 6 nitrogen and oxygen atoms in total. The Balaban J connectivity index is 1.82. The lowest BCUT2D eigenvalue weighted by Crippen LogP contribution is -2.28. The smallest absolute Gasteiger partial charge is 0.330 e. The molecule has 2 N–H and O–H groups in total. The molecule has 6 heteroatoms. The van der Waals surface area contributed by atoms with E-state index in [1.54, 1.807) is 25.1 Å². The molecule has 2 rings (SSSR count). The summed E-state index contributed by atoms with van der Waals surface area (Å²) in [6.07, 6.45) is 3.04. The molecule has 27 heavy (non-hydrogen) atoms. The topological polar surface area (TPSA) is 70.7 Å². The first-order valence-corrected chi connectivity index (χ1v) is 8.74. The normalized spacial score (nSPS) is 10.5. The number of anilines is 2. The highest BCUT2D eigenvalue weighted by Crippen LogP contribution is 2.13. The highest BCUT2D eigenvalue weighted by atomic mass is 16.5. The van der Waals surface area contributed by atoms with Gasteiger partial charge in [0.05, 0.1) is 6.61 Å². The number of hydrogen-bond acceptors (Lipinski definition) is 4. The quantitative estimate of drug-likeness (QED) is 0.579. The van der Waals surface area contributed by atoms with Crippen LogP contribution < -0.4 is 15.5 Å². The van der Waals surface area contributed by atoms with Gasteiger partial charge in [-0.05, 0) is 48.4 Å². The van der Waals surface area contributed by atoms with Gasteiger partial charge in [0.1, 0.15) is 0 Å². The maximum atomic E-state index is 12.0. The van der Waals surface area contributed by atoms with E-state index in [1.165, 1.54) is 6.08 Å².